The third-order valence-corrected chi connectivity index (χ3v) is 4.98. The van der Waals surface area contributed by atoms with Gasteiger partial charge in [0.2, 0.25) is 0 Å². The first-order valence-electron chi connectivity index (χ1n) is 7.40. The van der Waals surface area contributed by atoms with Gasteiger partial charge in [0.05, 0.1) is 21.7 Å². The predicted octanol–water partition coefficient (Wildman–Crippen LogP) is 3.78. The summed E-state index contributed by atoms with van der Waals surface area (Å²) >= 11 is 12.2. The Morgan fingerprint density at radius 3 is 2.52 bits per heavy atom. The highest BCUT2D eigenvalue weighted by Gasteiger charge is 2.46. The maximum atomic E-state index is 12.1. The fourth-order valence-electron chi connectivity index (χ4n) is 2.99. The van der Waals surface area contributed by atoms with Gasteiger partial charge in [0.1, 0.15) is 5.75 Å². The van der Waals surface area contributed by atoms with Crippen molar-refractivity contribution in [1.29, 1.82) is 0 Å². The minimum atomic E-state index is -1.14. The second kappa shape index (κ2) is 6.38. The van der Waals surface area contributed by atoms with Gasteiger partial charge in [-0.15, -0.1) is 0 Å². The average molecular weight is 362 g/mol. The predicted molar refractivity (Wildman–Crippen MR) is 89.3 cm³/mol. The number of benzene rings is 1. The smallest absolute Gasteiger partial charge is 0.410 e. The van der Waals surface area contributed by atoms with Crippen LogP contribution in [0.2, 0.25) is 10.0 Å². The van der Waals surface area contributed by atoms with E-state index in [1.165, 1.54) is 17.0 Å². The quantitative estimate of drug-likeness (QED) is 0.855. The molecular formula is C16H21Cl2NO4. The summed E-state index contributed by atoms with van der Waals surface area (Å²) in [7, 11) is 0. The fourth-order valence-corrected chi connectivity index (χ4v) is 3.50. The monoisotopic (exact) mass is 361 g/mol. The molecule has 1 aliphatic rings. The van der Waals surface area contributed by atoms with Gasteiger partial charge in [-0.3, -0.25) is 0 Å². The molecule has 7 heteroatoms. The Morgan fingerprint density at radius 2 is 2.00 bits per heavy atom. The van der Waals surface area contributed by atoms with Gasteiger partial charge in [0.15, 0.2) is 6.10 Å². The number of halogens is 2. The van der Waals surface area contributed by atoms with Crippen molar-refractivity contribution in [1.82, 2.24) is 4.90 Å². The third-order valence-electron chi connectivity index (χ3n) is 4.16. The van der Waals surface area contributed by atoms with E-state index in [1.54, 1.807) is 13.8 Å². The molecule has 5 nitrogen and oxygen atoms in total. The number of phenols is 1. The summed E-state index contributed by atoms with van der Waals surface area (Å²) < 4.78 is 5.29. The Kier molecular flexibility index (Phi) is 5.04. The van der Waals surface area contributed by atoms with Crippen molar-refractivity contribution in [3.05, 3.63) is 27.7 Å². The van der Waals surface area contributed by atoms with E-state index < -0.39 is 17.8 Å². The van der Waals surface area contributed by atoms with E-state index in [4.69, 9.17) is 27.9 Å². The van der Waals surface area contributed by atoms with Gasteiger partial charge in [-0.25, -0.2) is 4.79 Å². The summed E-state index contributed by atoms with van der Waals surface area (Å²) in [5.74, 6) is -0.220. The van der Waals surface area contributed by atoms with E-state index in [2.05, 4.69) is 0 Å². The lowest BCUT2D eigenvalue weighted by molar-refractivity contribution is -0.0443. The van der Waals surface area contributed by atoms with Crippen LogP contribution in [0.5, 0.6) is 5.75 Å². The minimum Gasteiger partial charge on any atom is -0.508 e. The summed E-state index contributed by atoms with van der Waals surface area (Å²) in [5, 5.41) is 20.8. The van der Waals surface area contributed by atoms with Crippen LogP contribution in [0.3, 0.4) is 0 Å². The lowest BCUT2D eigenvalue weighted by Gasteiger charge is -2.29. The number of rotatable bonds is 4. The molecule has 0 spiro atoms. The summed E-state index contributed by atoms with van der Waals surface area (Å²) in [6, 6.07) is 2.70. The van der Waals surface area contributed by atoms with Crippen molar-refractivity contribution < 1.29 is 19.7 Å². The summed E-state index contributed by atoms with van der Waals surface area (Å²) in [6.07, 6.45) is -1.11. The molecule has 128 valence electrons. The van der Waals surface area contributed by atoms with E-state index in [9.17, 15) is 15.0 Å². The Hall–Kier alpha value is -1.17. The molecule has 0 saturated carbocycles. The van der Waals surface area contributed by atoms with E-state index in [-0.39, 0.29) is 22.7 Å². The first kappa shape index (κ1) is 18.2. The highest BCUT2D eigenvalue weighted by Crippen LogP contribution is 2.39. The number of hydrogen-bond acceptors (Lipinski definition) is 4. The van der Waals surface area contributed by atoms with E-state index in [0.717, 1.165) is 0 Å². The SMILES string of the molecule is C[C@@H](CN1C(=O)O[C@H](C(C)(C)O)[C@@H]1C)c1c(O)ccc(Cl)c1Cl. The van der Waals surface area contributed by atoms with Crippen molar-refractivity contribution >= 4 is 29.3 Å². The normalized spacial score (nSPS) is 23.1. The van der Waals surface area contributed by atoms with Crippen LogP contribution < -0.4 is 0 Å². The molecular weight excluding hydrogens is 341 g/mol. The molecule has 0 radical (unpaired) electrons. The van der Waals surface area contributed by atoms with E-state index in [0.29, 0.717) is 17.1 Å². The minimum absolute atomic E-state index is 0.0335. The zero-order valence-electron chi connectivity index (χ0n) is 13.5. The molecule has 0 bridgehead atoms. The molecule has 0 unspecified atom stereocenters. The highest BCUT2D eigenvalue weighted by molar-refractivity contribution is 6.42. The van der Waals surface area contributed by atoms with Crippen LogP contribution in [0.4, 0.5) is 4.79 Å². The number of ether oxygens (including phenoxy) is 1. The third kappa shape index (κ3) is 3.52. The number of amides is 1. The molecule has 1 aromatic carbocycles. The second-order valence-corrected chi connectivity index (χ2v) is 7.33. The first-order valence-corrected chi connectivity index (χ1v) is 8.16. The van der Waals surface area contributed by atoms with Gasteiger partial charge >= 0.3 is 6.09 Å². The largest absolute Gasteiger partial charge is 0.508 e. The molecule has 1 aromatic rings. The molecule has 23 heavy (non-hydrogen) atoms. The van der Waals surface area contributed by atoms with Crippen molar-refractivity contribution in [3.8, 4) is 5.75 Å². The van der Waals surface area contributed by atoms with E-state index >= 15 is 0 Å². The van der Waals surface area contributed by atoms with Gasteiger partial charge in [-0.2, -0.15) is 0 Å². The van der Waals surface area contributed by atoms with Crippen molar-refractivity contribution in [2.24, 2.45) is 0 Å². The number of aliphatic hydroxyl groups is 1. The van der Waals surface area contributed by atoms with Crippen molar-refractivity contribution in [2.45, 2.75) is 51.4 Å². The molecule has 3 atom stereocenters. The number of phenolic OH excluding ortho intramolecular Hbond substituents is 1. The Morgan fingerprint density at radius 1 is 1.39 bits per heavy atom. The summed E-state index contributed by atoms with van der Waals surface area (Å²) in [6.45, 7) is 7.16. The lowest BCUT2D eigenvalue weighted by atomic mass is 9.94. The molecule has 1 amide bonds. The van der Waals surface area contributed by atoms with Gasteiger partial charge in [-0.1, -0.05) is 30.1 Å². The topological polar surface area (TPSA) is 70.0 Å². The molecule has 1 aliphatic heterocycles. The standard InChI is InChI=1S/C16H21Cl2NO4/c1-8(12-11(20)6-5-10(17)13(12)18)7-19-9(2)14(16(3,4)22)23-15(19)21/h5-6,8-9,14,20,22H,7H2,1-4H3/t8-,9-,14-/m0/s1. The highest BCUT2D eigenvalue weighted by atomic mass is 35.5. The Balaban J connectivity index is 2.23. The number of nitrogens with zero attached hydrogens (tertiary/aromatic N) is 1. The second-order valence-electron chi connectivity index (χ2n) is 6.55. The van der Waals surface area contributed by atoms with Gasteiger partial charge < -0.3 is 19.8 Å². The van der Waals surface area contributed by atoms with Gasteiger partial charge in [0.25, 0.3) is 0 Å². The van der Waals surface area contributed by atoms with Crippen LogP contribution in [0, 0.1) is 0 Å². The maximum absolute atomic E-state index is 12.1. The molecule has 0 aromatic heterocycles. The summed E-state index contributed by atoms with van der Waals surface area (Å²) in [4.78, 5) is 13.6. The molecule has 1 fully saturated rings. The van der Waals surface area contributed by atoms with Gasteiger partial charge in [0, 0.05) is 18.0 Å². The first-order chi connectivity index (χ1) is 10.5. The van der Waals surface area contributed by atoms with Crippen LogP contribution in [-0.2, 0) is 4.74 Å². The number of hydrogen-bond donors (Lipinski definition) is 2. The maximum Gasteiger partial charge on any atom is 0.410 e. The van der Waals surface area contributed by atoms with Crippen LogP contribution in [0.1, 0.15) is 39.2 Å². The average Bonchev–Trinajstić information content (AvgIpc) is 2.71. The zero-order valence-corrected chi connectivity index (χ0v) is 15.0. The molecule has 0 aliphatic carbocycles. The number of cyclic esters (lactones) is 1. The number of carbonyl (C=O) groups excluding carboxylic acids is 1. The van der Waals surface area contributed by atoms with Crippen LogP contribution in [0.15, 0.2) is 12.1 Å². The zero-order chi connectivity index (χ0) is 17.5. The molecule has 1 saturated heterocycles. The lowest BCUT2D eigenvalue weighted by Crippen LogP contribution is -2.45. The van der Waals surface area contributed by atoms with Crippen molar-refractivity contribution in [3.63, 3.8) is 0 Å². The Bertz CT molecular complexity index is 615. The van der Waals surface area contributed by atoms with Crippen LogP contribution in [-0.4, -0.2) is 45.5 Å². The van der Waals surface area contributed by atoms with E-state index in [1.807, 2.05) is 13.8 Å². The molecule has 1 heterocycles. The van der Waals surface area contributed by atoms with Crippen LogP contribution >= 0.6 is 23.2 Å². The molecule has 2 N–H and O–H groups in total. The Labute approximate surface area is 145 Å². The number of aromatic hydroxyl groups is 1. The fraction of sp³-hybridized carbons (Fsp3) is 0.562. The summed E-state index contributed by atoms with van der Waals surface area (Å²) in [5.41, 5.74) is -0.644. The van der Waals surface area contributed by atoms with Gasteiger partial charge in [-0.05, 0) is 32.9 Å². The van der Waals surface area contributed by atoms with Crippen molar-refractivity contribution in [2.75, 3.05) is 6.54 Å². The number of carbonyl (C=O) groups is 1. The molecule has 2 rings (SSSR count). The van der Waals surface area contributed by atoms with Crippen LogP contribution in [0.25, 0.3) is 0 Å².